The second kappa shape index (κ2) is 13.0. The lowest BCUT2D eigenvalue weighted by Gasteiger charge is -2.37. The van der Waals surface area contributed by atoms with Gasteiger partial charge in [-0.25, -0.2) is 4.79 Å². The molecule has 0 aliphatic rings. The highest BCUT2D eigenvalue weighted by Gasteiger charge is 2.39. The second-order valence-corrected chi connectivity index (χ2v) is 11.3. The molecule has 0 aliphatic carbocycles. The number of hydrogen-bond donors (Lipinski definition) is 3. The normalized spacial score (nSPS) is 12.9. The molecule has 212 valence electrons. The van der Waals surface area contributed by atoms with Crippen molar-refractivity contribution in [2.45, 2.75) is 85.5 Å². The molecule has 0 spiro atoms. The number of primary amides is 1. The van der Waals surface area contributed by atoms with Gasteiger partial charge in [0, 0.05) is 6.04 Å². The Bertz CT molecular complexity index is 1220. The Balaban J connectivity index is 2.63. The Kier molecular flexibility index (Phi) is 10.5. The Labute approximate surface area is 235 Å². The highest BCUT2D eigenvalue weighted by Crippen LogP contribution is 2.32. The number of halogens is 1. The summed E-state index contributed by atoms with van der Waals surface area (Å²) in [5.74, 6) is -1.96. The molecule has 0 radical (unpaired) electrons. The van der Waals surface area contributed by atoms with Crippen molar-refractivity contribution >= 4 is 41.1 Å². The highest BCUT2D eigenvalue weighted by molar-refractivity contribution is 6.34. The van der Waals surface area contributed by atoms with Crippen molar-refractivity contribution in [2.24, 2.45) is 5.73 Å². The molecule has 4 amide bonds. The summed E-state index contributed by atoms with van der Waals surface area (Å²) in [6, 6.07) is 7.87. The van der Waals surface area contributed by atoms with Crippen molar-refractivity contribution in [1.29, 1.82) is 0 Å². The number of rotatable bonds is 9. The average Bonchev–Trinajstić information content (AvgIpc) is 2.79. The molecule has 2 aromatic carbocycles. The highest BCUT2D eigenvalue weighted by atomic mass is 35.5. The van der Waals surface area contributed by atoms with Crippen LogP contribution in [-0.2, 0) is 19.1 Å². The molecular formula is C29H39ClN4O5. The van der Waals surface area contributed by atoms with Crippen LogP contribution in [0.2, 0.25) is 5.02 Å². The first-order chi connectivity index (χ1) is 18.0. The molecule has 2 aromatic rings. The molecule has 0 saturated heterocycles. The number of ether oxygens (including phenoxy) is 1. The Hall–Kier alpha value is -3.59. The first kappa shape index (κ1) is 31.6. The van der Waals surface area contributed by atoms with E-state index in [4.69, 9.17) is 22.1 Å². The number of amides is 4. The quantitative estimate of drug-likeness (QED) is 0.401. The number of nitrogens with one attached hydrogen (secondary N) is 2. The zero-order valence-electron chi connectivity index (χ0n) is 23.8. The molecule has 0 fully saturated rings. The number of nitrogens with zero attached hydrogens (tertiary/aromatic N) is 1. The topological polar surface area (TPSA) is 131 Å². The number of benzene rings is 2. The van der Waals surface area contributed by atoms with E-state index in [-0.39, 0.29) is 0 Å². The molecule has 4 N–H and O–H groups in total. The smallest absolute Gasteiger partial charge is 0.408 e. The molecule has 0 aromatic heterocycles. The zero-order chi connectivity index (χ0) is 29.7. The molecule has 2 unspecified atom stereocenters. The van der Waals surface area contributed by atoms with Crippen molar-refractivity contribution in [3.63, 3.8) is 0 Å². The van der Waals surface area contributed by atoms with Gasteiger partial charge in [0.1, 0.15) is 17.7 Å². The minimum absolute atomic E-state index is 0.351. The maximum atomic E-state index is 14.1. The number of carbonyl (C=O) groups is 4. The number of carbonyl (C=O) groups excluding carboxylic acids is 4. The van der Waals surface area contributed by atoms with Crippen molar-refractivity contribution in [1.82, 2.24) is 10.2 Å². The average molecular weight is 559 g/mol. The SMILES string of the molecule is Cc1ccc(C)c(C(C(=O)Nc2c(C)cccc2Cl)N(C(=O)C(CC(N)=O)NC(=O)OC(C)(C)C)C(C)C)c1. The Morgan fingerprint density at radius 2 is 1.67 bits per heavy atom. The van der Waals surface area contributed by atoms with Crippen molar-refractivity contribution in [3.8, 4) is 0 Å². The van der Waals surface area contributed by atoms with E-state index in [2.05, 4.69) is 10.6 Å². The summed E-state index contributed by atoms with van der Waals surface area (Å²) >= 11 is 6.40. The second-order valence-electron chi connectivity index (χ2n) is 10.9. The van der Waals surface area contributed by atoms with Gasteiger partial charge in [-0.2, -0.15) is 0 Å². The molecule has 0 aliphatic heterocycles. The van der Waals surface area contributed by atoms with E-state index in [0.29, 0.717) is 16.3 Å². The van der Waals surface area contributed by atoms with Crippen LogP contribution in [0.25, 0.3) is 0 Å². The van der Waals surface area contributed by atoms with Crippen LogP contribution < -0.4 is 16.4 Å². The third-order valence-electron chi connectivity index (χ3n) is 5.93. The third-order valence-corrected chi connectivity index (χ3v) is 6.25. The molecule has 0 bridgehead atoms. The largest absolute Gasteiger partial charge is 0.444 e. The number of nitrogens with two attached hydrogens (primary N) is 1. The molecule has 2 rings (SSSR count). The van der Waals surface area contributed by atoms with E-state index in [0.717, 1.165) is 16.7 Å². The van der Waals surface area contributed by atoms with Crippen LogP contribution >= 0.6 is 11.6 Å². The lowest BCUT2D eigenvalue weighted by Crippen LogP contribution is -2.55. The number of aryl methyl sites for hydroxylation is 3. The van der Waals surface area contributed by atoms with E-state index in [1.807, 2.05) is 45.0 Å². The summed E-state index contributed by atoms with van der Waals surface area (Å²) in [6.45, 7) is 14.1. The fourth-order valence-electron chi connectivity index (χ4n) is 4.16. The van der Waals surface area contributed by atoms with Crippen LogP contribution in [0.15, 0.2) is 36.4 Å². The van der Waals surface area contributed by atoms with Crippen molar-refractivity contribution in [2.75, 3.05) is 5.32 Å². The maximum absolute atomic E-state index is 14.1. The van der Waals surface area contributed by atoms with Crippen LogP contribution in [0.1, 0.15) is 69.3 Å². The van der Waals surface area contributed by atoms with Gasteiger partial charge in [0.05, 0.1) is 17.1 Å². The Morgan fingerprint density at radius 1 is 1.03 bits per heavy atom. The van der Waals surface area contributed by atoms with Gasteiger partial charge in [-0.3, -0.25) is 14.4 Å². The Morgan fingerprint density at radius 3 is 2.21 bits per heavy atom. The first-order valence-corrected chi connectivity index (χ1v) is 13.1. The third kappa shape index (κ3) is 8.71. The predicted molar refractivity (Wildman–Crippen MR) is 152 cm³/mol. The molecule has 2 atom stereocenters. The summed E-state index contributed by atoms with van der Waals surface area (Å²) in [7, 11) is 0. The molecule has 39 heavy (non-hydrogen) atoms. The van der Waals surface area contributed by atoms with E-state index in [1.165, 1.54) is 4.90 Å². The van der Waals surface area contributed by atoms with Gasteiger partial charge in [-0.1, -0.05) is 47.5 Å². The van der Waals surface area contributed by atoms with Gasteiger partial charge >= 0.3 is 6.09 Å². The van der Waals surface area contributed by atoms with Gasteiger partial charge in [0.25, 0.3) is 5.91 Å². The van der Waals surface area contributed by atoms with E-state index >= 15 is 0 Å². The van der Waals surface area contributed by atoms with Crippen LogP contribution in [-0.4, -0.2) is 46.4 Å². The fraction of sp³-hybridized carbons (Fsp3) is 0.448. The summed E-state index contributed by atoms with van der Waals surface area (Å²) in [4.78, 5) is 54.0. The maximum Gasteiger partial charge on any atom is 0.408 e. The summed E-state index contributed by atoms with van der Waals surface area (Å²) < 4.78 is 5.31. The zero-order valence-corrected chi connectivity index (χ0v) is 24.6. The van der Waals surface area contributed by atoms with E-state index in [1.54, 1.807) is 46.8 Å². The number of alkyl carbamates (subject to hydrolysis) is 1. The van der Waals surface area contributed by atoms with Crippen LogP contribution in [0.5, 0.6) is 0 Å². The predicted octanol–water partition coefficient (Wildman–Crippen LogP) is 4.95. The number of para-hydroxylation sites is 1. The van der Waals surface area contributed by atoms with Gasteiger partial charge in [-0.15, -0.1) is 0 Å². The number of anilines is 1. The summed E-state index contributed by atoms with van der Waals surface area (Å²) in [6.07, 6.45) is -1.36. The van der Waals surface area contributed by atoms with Gasteiger partial charge in [0.2, 0.25) is 11.8 Å². The summed E-state index contributed by atoms with van der Waals surface area (Å²) in [5.41, 5.74) is 8.04. The molecular weight excluding hydrogens is 520 g/mol. The minimum atomic E-state index is -1.36. The first-order valence-electron chi connectivity index (χ1n) is 12.7. The molecule has 9 nitrogen and oxygen atoms in total. The fourth-order valence-corrected chi connectivity index (χ4v) is 4.43. The lowest BCUT2D eigenvalue weighted by molar-refractivity contribution is -0.143. The van der Waals surface area contributed by atoms with Crippen LogP contribution in [0.4, 0.5) is 10.5 Å². The van der Waals surface area contributed by atoms with Crippen molar-refractivity contribution < 1.29 is 23.9 Å². The minimum Gasteiger partial charge on any atom is -0.444 e. The summed E-state index contributed by atoms with van der Waals surface area (Å²) in [5, 5.41) is 5.72. The van der Waals surface area contributed by atoms with Crippen molar-refractivity contribution in [3.05, 3.63) is 63.7 Å². The van der Waals surface area contributed by atoms with Crippen LogP contribution in [0, 0.1) is 20.8 Å². The molecule has 0 saturated carbocycles. The van der Waals surface area contributed by atoms with E-state index in [9.17, 15) is 19.2 Å². The standard InChI is InChI=1S/C29H39ClN4O5/c1-16(2)34(27(37)22(15-23(31)35)32-28(38)39-29(6,7)8)25(20-14-17(3)12-13-18(20)4)26(36)33-24-19(5)10-9-11-21(24)30/h9-14,16,22,25H,15H2,1-8H3,(H2,31,35)(H,32,38)(H,33,36). The lowest BCUT2D eigenvalue weighted by atomic mass is 9.94. The van der Waals surface area contributed by atoms with Gasteiger partial charge in [-0.05, 0) is 78.1 Å². The van der Waals surface area contributed by atoms with E-state index < -0.39 is 54.0 Å². The van der Waals surface area contributed by atoms with Gasteiger partial charge < -0.3 is 26.0 Å². The number of hydrogen-bond acceptors (Lipinski definition) is 5. The monoisotopic (exact) mass is 558 g/mol. The molecule has 0 heterocycles. The van der Waals surface area contributed by atoms with Gasteiger partial charge in [0.15, 0.2) is 0 Å². The van der Waals surface area contributed by atoms with Crippen LogP contribution in [0.3, 0.4) is 0 Å². The molecule has 10 heteroatoms.